The van der Waals surface area contributed by atoms with Gasteiger partial charge in [-0.2, -0.15) is 0 Å². The van der Waals surface area contributed by atoms with Crippen molar-refractivity contribution in [3.63, 3.8) is 0 Å². The molecule has 0 aromatic carbocycles. The van der Waals surface area contributed by atoms with Gasteiger partial charge >= 0.3 is 11.9 Å². The van der Waals surface area contributed by atoms with Crippen LogP contribution in [0.5, 0.6) is 0 Å². The van der Waals surface area contributed by atoms with Crippen LogP contribution in [-0.4, -0.2) is 23.1 Å². The van der Waals surface area contributed by atoms with Gasteiger partial charge in [0.2, 0.25) is 0 Å². The number of carbonyl (C=O) groups excluding carboxylic acids is 1. The molecule has 1 atom stereocenters. The Morgan fingerprint density at radius 1 is 0.618 bits per heavy atom. The lowest BCUT2D eigenvalue weighted by Gasteiger charge is -2.27. The van der Waals surface area contributed by atoms with E-state index in [1.54, 1.807) is 0 Å². The van der Waals surface area contributed by atoms with E-state index in [0.717, 1.165) is 25.7 Å². The van der Waals surface area contributed by atoms with Crippen LogP contribution in [0, 0.1) is 11.8 Å². The second kappa shape index (κ2) is 21.2. The number of hydrogen-bond donors (Lipinski definition) is 1. The van der Waals surface area contributed by atoms with Gasteiger partial charge in [-0.1, -0.05) is 110 Å². The van der Waals surface area contributed by atoms with Crippen molar-refractivity contribution >= 4 is 11.9 Å². The first kappa shape index (κ1) is 31.0. The fourth-order valence-electron chi connectivity index (χ4n) is 5.29. The van der Waals surface area contributed by atoms with Crippen LogP contribution < -0.4 is 0 Å². The maximum atomic E-state index is 12.8. The van der Waals surface area contributed by atoms with E-state index in [-0.39, 0.29) is 23.9 Å². The number of rotatable bonds is 22. The summed E-state index contributed by atoms with van der Waals surface area (Å²) >= 11 is 0. The van der Waals surface area contributed by atoms with Gasteiger partial charge in [0, 0.05) is 0 Å². The van der Waals surface area contributed by atoms with E-state index in [1.807, 2.05) is 0 Å². The van der Waals surface area contributed by atoms with E-state index in [2.05, 4.69) is 13.8 Å². The number of carboxylic acid groups (broad SMARTS) is 1. The second-order valence-electron chi connectivity index (χ2n) is 10.8. The first-order chi connectivity index (χ1) is 16.6. The van der Waals surface area contributed by atoms with Crippen molar-refractivity contribution < 1.29 is 19.4 Å². The van der Waals surface area contributed by atoms with Crippen molar-refractivity contribution in [2.45, 2.75) is 168 Å². The fourth-order valence-corrected chi connectivity index (χ4v) is 5.29. The summed E-state index contributed by atoms with van der Waals surface area (Å²) in [4.78, 5) is 24.0. The highest BCUT2D eigenvalue weighted by molar-refractivity contribution is 5.74. The minimum atomic E-state index is -0.718. The van der Waals surface area contributed by atoms with Crippen LogP contribution >= 0.6 is 0 Å². The molecule has 1 aliphatic carbocycles. The molecule has 0 bridgehead atoms. The zero-order valence-electron chi connectivity index (χ0n) is 22.7. The predicted molar refractivity (Wildman–Crippen MR) is 142 cm³/mol. The topological polar surface area (TPSA) is 63.6 Å². The highest BCUT2D eigenvalue weighted by atomic mass is 16.5. The number of carboxylic acids is 1. The van der Waals surface area contributed by atoms with Crippen molar-refractivity contribution in [3.05, 3.63) is 0 Å². The smallest absolute Gasteiger partial charge is 0.309 e. The average molecular weight is 481 g/mol. The SMILES string of the molecule is CCCCCCCCCCCCC(CCCCCCCCC)OC(=O)C1CCC(C(=O)O)CC1. The Morgan fingerprint density at radius 3 is 1.35 bits per heavy atom. The van der Waals surface area contributed by atoms with E-state index >= 15 is 0 Å². The molecule has 1 N–H and O–H groups in total. The molecule has 0 aromatic rings. The maximum absolute atomic E-state index is 12.8. The zero-order valence-corrected chi connectivity index (χ0v) is 22.7. The summed E-state index contributed by atoms with van der Waals surface area (Å²) in [6.45, 7) is 4.52. The summed E-state index contributed by atoms with van der Waals surface area (Å²) in [5.74, 6) is -1.16. The Kier molecular flexibility index (Phi) is 19.3. The van der Waals surface area contributed by atoms with Crippen LogP contribution in [0.1, 0.15) is 162 Å². The molecule has 1 saturated carbocycles. The summed E-state index contributed by atoms with van der Waals surface area (Å²) in [6.07, 6.45) is 26.7. The third-order valence-corrected chi connectivity index (χ3v) is 7.70. The zero-order chi connectivity index (χ0) is 24.9. The van der Waals surface area contributed by atoms with Crippen LogP contribution in [0.15, 0.2) is 0 Å². The molecular weight excluding hydrogens is 424 g/mol. The molecule has 0 aromatic heterocycles. The Labute approximate surface area is 211 Å². The molecule has 4 heteroatoms. The average Bonchev–Trinajstić information content (AvgIpc) is 2.84. The molecular formula is C30H56O4. The van der Waals surface area contributed by atoms with Crippen molar-refractivity contribution in [2.24, 2.45) is 11.8 Å². The van der Waals surface area contributed by atoms with Gasteiger partial charge in [-0.05, 0) is 51.4 Å². The third-order valence-electron chi connectivity index (χ3n) is 7.70. The predicted octanol–water partition coefficient (Wildman–Crippen LogP) is 9.24. The lowest BCUT2D eigenvalue weighted by Crippen LogP contribution is -2.29. The lowest BCUT2D eigenvalue weighted by molar-refractivity contribution is -0.158. The fraction of sp³-hybridized carbons (Fsp3) is 0.933. The summed E-state index contributed by atoms with van der Waals surface area (Å²) < 4.78 is 6.03. The quantitative estimate of drug-likeness (QED) is 0.124. The number of carbonyl (C=O) groups is 2. The van der Waals surface area contributed by atoms with Crippen LogP contribution in [0.3, 0.4) is 0 Å². The summed E-state index contributed by atoms with van der Waals surface area (Å²) in [6, 6.07) is 0. The molecule has 0 saturated heterocycles. The minimum Gasteiger partial charge on any atom is -0.481 e. The molecule has 1 rings (SSSR count). The molecule has 0 amide bonds. The van der Waals surface area contributed by atoms with Gasteiger partial charge in [-0.15, -0.1) is 0 Å². The molecule has 200 valence electrons. The van der Waals surface area contributed by atoms with E-state index in [1.165, 1.54) is 96.3 Å². The van der Waals surface area contributed by atoms with Gasteiger partial charge in [-0.25, -0.2) is 0 Å². The second-order valence-corrected chi connectivity index (χ2v) is 10.8. The molecule has 34 heavy (non-hydrogen) atoms. The molecule has 0 spiro atoms. The molecule has 4 nitrogen and oxygen atoms in total. The first-order valence-electron chi connectivity index (χ1n) is 15.0. The number of esters is 1. The number of ether oxygens (including phenoxy) is 1. The lowest BCUT2D eigenvalue weighted by atomic mass is 9.82. The van der Waals surface area contributed by atoms with Crippen LogP contribution in [0.2, 0.25) is 0 Å². The first-order valence-corrected chi connectivity index (χ1v) is 15.0. The van der Waals surface area contributed by atoms with Crippen molar-refractivity contribution in [1.29, 1.82) is 0 Å². The summed E-state index contributed by atoms with van der Waals surface area (Å²) in [5.41, 5.74) is 0. The van der Waals surface area contributed by atoms with Gasteiger partial charge in [0.1, 0.15) is 6.10 Å². The van der Waals surface area contributed by atoms with Gasteiger partial charge in [-0.3, -0.25) is 9.59 Å². The van der Waals surface area contributed by atoms with Gasteiger partial charge in [0.25, 0.3) is 0 Å². The van der Waals surface area contributed by atoms with Gasteiger partial charge < -0.3 is 9.84 Å². The van der Waals surface area contributed by atoms with E-state index in [9.17, 15) is 14.7 Å². The molecule has 0 heterocycles. The van der Waals surface area contributed by atoms with Gasteiger partial charge in [0.15, 0.2) is 0 Å². The van der Waals surface area contributed by atoms with Crippen molar-refractivity contribution in [3.8, 4) is 0 Å². The number of hydrogen-bond acceptors (Lipinski definition) is 3. The van der Waals surface area contributed by atoms with Crippen LogP contribution in [0.25, 0.3) is 0 Å². The molecule has 1 unspecified atom stereocenters. The highest BCUT2D eigenvalue weighted by Crippen LogP contribution is 2.30. The molecule has 1 fully saturated rings. The van der Waals surface area contributed by atoms with Crippen molar-refractivity contribution in [1.82, 2.24) is 0 Å². The normalized spacial score (nSPS) is 19.1. The van der Waals surface area contributed by atoms with E-state index in [4.69, 9.17) is 4.74 Å². The van der Waals surface area contributed by atoms with E-state index < -0.39 is 5.97 Å². The van der Waals surface area contributed by atoms with Crippen LogP contribution in [-0.2, 0) is 14.3 Å². The van der Waals surface area contributed by atoms with Crippen LogP contribution in [0.4, 0.5) is 0 Å². The molecule has 1 aliphatic rings. The minimum absolute atomic E-state index is 0.0504. The number of unbranched alkanes of at least 4 members (excludes halogenated alkanes) is 15. The van der Waals surface area contributed by atoms with Crippen molar-refractivity contribution in [2.75, 3.05) is 0 Å². The Hall–Kier alpha value is -1.06. The Bertz CT molecular complexity index is 496. The Balaban J connectivity index is 2.29. The largest absolute Gasteiger partial charge is 0.481 e. The Morgan fingerprint density at radius 2 is 0.971 bits per heavy atom. The molecule has 0 aliphatic heterocycles. The maximum Gasteiger partial charge on any atom is 0.309 e. The summed E-state index contributed by atoms with van der Waals surface area (Å²) in [7, 11) is 0. The third kappa shape index (κ3) is 15.8. The standard InChI is InChI=1S/C30H56O4/c1-3-5-7-9-11-12-13-15-17-19-21-28(20-18-16-14-10-8-6-4-2)34-30(33)27-24-22-26(23-25-27)29(31)32/h26-28H,3-25H2,1-2H3,(H,31,32). The molecule has 0 radical (unpaired) electrons. The summed E-state index contributed by atoms with van der Waals surface area (Å²) in [5, 5.41) is 9.20. The van der Waals surface area contributed by atoms with E-state index in [0.29, 0.717) is 25.7 Å². The highest BCUT2D eigenvalue weighted by Gasteiger charge is 2.31. The number of aliphatic carboxylic acids is 1. The van der Waals surface area contributed by atoms with Gasteiger partial charge in [0.05, 0.1) is 11.8 Å². The monoisotopic (exact) mass is 480 g/mol.